The van der Waals surface area contributed by atoms with Crippen molar-refractivity contribution in [2.24, 2.45) is 0 Å². The number of halogens is 2. The molecule has 0 bridgehead atoms. The maximum atomic E-state index is 13.0. The normalized spacial score (nSPS) is 12.6. The van der Waals surface area contributed by atoms with Gasteiger partial charge in [0.15, 0.2) is 0 Å². The number of hydrogen-bond acceptors (Lipinski definition) is 3. The lowest BCUT2D eigenvalue weighted by Crippen LogP contribution is -2.30. The molecule has 0 heterocycles. The van der Waals surface area contributed by atoms with Gasteiger partial charge in [0, 0.05) is 6.42 Å². The minimum atomic E-state index is -3.56. The summed E-state index contributed by atoms with van der Waals surface area (Å²) in [5, 5.41) is 3.00. The number of rotatable bonds is 6. The number of amides is 1. The summed E-state index contributed by atoms with van der Waals surface area (Å²) in [5.41, 5.74) is 0.914. The van der Waals surface area contributed by atoms with Gasteiger partial charge < -0.3 is 5.32 Å². The zero-order valence-corrected chi connectivity index (χ0v) is 14.4. The number of carbonyl (C=O) groups is 1. The molecule has 0 aliphatic carbocycles. The van der Waals surface area contributed by atoms with Crippen LogP contribution in [0.4, 0.5) is 10.1 Å². The van der Waals surface area contributed by atoms with Crippen LogP contribution in [0.2, 0.25) is 5.02 Å². The number of sulfonamides is 1. The Kier molecular flexibility index (Phi) is 5.93. The van der Waals surface area contributed by atoms with E-state index < -0.39 is 27.8 Å². The second kappa shape index (κ2) is 7.74. The van der Waals surface area contributed by atoms with Gasteiger partial charge in [-0.15, -0.1) is 0 Å². The zero-order chi connectivity index (χ0) is 17.7. The van der Waals surface area contributed by atoms with E-state index in [-0.39, 0.29) is 6.42 Å². The third-order valence-electron chi connectivity index (χ3n) is 3.17. The first-order valence-electron chi connectivity index (χ1n) is 7.02. The van der Waals surface area contributed by atoms with E-state index in [9.17, 15) is 17.6 Å². The van der Waals surface area contributed by atoms with Gasteiger partial charge in [-0.2, -0.15) is 0 Å². The fourth-order valence-electron chi connectivity index (χ4n) is 2.13. The molecule has 2 N–H and O–H groups in total. The van der Waals surface area contributed by atoms with Crippen LogP contribution < -0.4 is 10.0 Å². The Morgan fingerprint density at radius 2 is 1.79 bits per heavy atom. The Bertz CT molecular complexity index is 825. The molecule has 0 unspecified atom stereocenters. The predicted octanol–water partition coefficient (Wildman–Crippen LogP) is 3.10. The van der Waals surface area contributed by atoms with Gasteiger partial charge in [0.25, 0.3) is 0 Å². The van der Waals surface area contributed by atoms with E-state index >= 15 is 0 Å². The first-order chi connectivity index (χ1) is 11.2. The summed E-state index contributed by atoms with van der Waals surface area (Å²) >= 11 is 5.98. The maximum absolute atomic E-state index is 13.0. The smallest absolute Gasteiger partial charge is 0.226 e. The van der Waals surface area contributed by atoms with E-state index in [1.165, 1.54) is 24.3 Å². The van der Waals surface area contributed by atoms with Gasteiger partial charge in [-0.1, -0.05) is 35.9 Å². The van der Waals surface area contributed by atoms with Crippen molar-refractivity contribution in [1.29, 1.82) is 0 Å². The summed E-state index contributed by atoms with van der Waals surface area (Å²) in [5.74, 6) is -0.869. The fourth-order valence-corrected chi connectivity index (χ4v) is 3.05. The molecule has 128 valence electrons. The molecule has 0 saturated carbocycles. The Labute approximate surface area is 144 Å². The van der Waals surface area contributed by atoms with Crippen molar-refractivity contribution in [2.45, 2.75) is 12.5 Å². The number of para-hydroxylation sites is 1. The Balaban J connectivity index is 2.17. The van der Waals surface area contributed by atoms with Gasteiger partial charge in [-0.05, 0) is 29.8 Å². The summed E-state index contributed by atoms with van der Waals surface area (Å²) in [7, 11) is -3.56. The van der Waals surface area contributed by atoms with Crippen LogP contribution in [0.15, 0.2) is 48.5 Å². The van der Waals surface area contributed by atoms with E-state index in [1.54, 1.807) is 24.3 Å². The van der Waals surface area contributed by atoms with Gasteiger partial charge >= 0.3 is 0 Å². The molecule has 2 aromatic rings. The minimum Gasteiger partial charge on any atom is -0.325 e. The minimum absolute atomic E-state index is 0.163. The highest BCUT2D eigenvalue weighted by Crippen LogP contribution is 2.23. The molecule has 1 atom stereocenters. The van der Waals surface area contributed by atoms with Gasteiger partial charge in [-0.25, -0.2) is 17.5 Å². The molecule has 24 heavy (non-hydrogen) atoms. The van der Waals surface area contributed by atoms with E-state index in [4.69, 9.17) is 11.6 Å². The second-order valence-corrected chi connectivity index (χ2v) is 7.41. The van der Waals surface area contributed by atoms with Crippen LogP contribution in [0.5, 0.6) is 0 Å². The first kappa shape index (κ1) is 18.4. The molecule has 0 aliphatic rings. The lowest BCUT2D eigenvalue weighted by atomic mass is 10.0. The van der Waals surface area contributed by atoms with Crippen LogP contribution in [0, 0.1) is 5.82 Å². The van der Waals surface area contributed by atoms with Gasteiger partial charge in [0.2, 0.25) is 15.9 Å². The molecule has 5 nitrogen and oxygen atoms in total. The molecule has 8 heteroatoms. The third kappa shape index (κ3) is 5.59. The molecule has 0 saturated heterocycles. The van der Waals surface area contributed by atoms with E-state index in [0.29, 0.717) is 16.3 Å². The van der Waals surface area contributed by atoms with Crippen molar-refractivity contribution >= 4 is 33.2 Å². The number of carbonyl (C=O) groups excluding carboxylic acids is 1. The average molecular weight is 371 g/mol. The second-order valence-electron chi connectivity index (χ2n) is 5.23. The molecule has 0 aromatic heterocycles. The quantitative estimate of drug-likeness (QED) is 0.820. The van der Waals surface area contributed by atoms with Crippen molar-refractivity contribution in [3.63, 3.8) is 0 Å². The van der Waals surface area contributed by atoms with E-state index in [0.717, 1.165) is 6.26 Å². The Morgan fingerprint density at radius 1 is 1.17 bits per heavy atom. The van der Waals surface area contributed by atoms with E-state index in [1.807, 2.05) is 0 Å². The van der Waals surface area contributed by atoms with Crippen LogP contribution in [-0.2, 0) is 14.8 Å². The van der Waals surface area contributed by atoms with Crippen LogP contribution in [0.1, 0.15) is 18.0 Å². The lowest BCUT2D eigenvalue weighted by Gasteiger charge is -2.18. The summed E-state index contributed by atoms with van der Waals surface area (Å²) in [4.78, 5) is 12.2. The average Bonchev–Trinajstić information content (AvgIpc) is 2.48. The summed E-state index contributed by atoms with van der Waals surface area (Å²) < 4.78 is 38.5. The molecule has 0 fully saturated rings. The highest BCUT2D eigenvalue weighted by molar-refractivity contribution is 7.88. The van der Waals surface area contributed by atoms with Crippen LogP contribution in [0.25, 0.3) is 0 Å². The highest BCUT2D eigenvalue weighted by Gasteiger charge is 2.20. The van der Waals surface area contributed by atoms with Crippen molar-refractivity contribution < 1.29 is 17.6 Å². The van der Waals surface area contributed by atoms with E-state index in [2.05, 4.69) is 10.0 Å². The molecule has 2 rings (SSSR count). The van der Waals surface area contributed by atoms with Crippen LogP contribution in [0.3, 0.4) is 0 Å². The maximum Gasteiger partial charge on any atom is 0.226 e. The highest BCUT2D eigenvalue weighted by atomic mass is 35.5. The number of benzene rings is 2. The number of hydrogen-bond donors (Lipinski definition) is 2. The molecular formula is C16H16ClFN2O3S. The SMILES string of the molecule is CS(=O)(=O)N[C@H](CC(=O)Nc1ccccc1Cl)c1ccc(F)cc1. The van der Waals surface area contributed by atoms with Gasteiger partial charge in [0.05, 0.1) is 23.0 Å². The van der Waals surface area contributed by atoms with Crippen LogP contribution in [-0.4, -0.2) is 20.6 Å². The Morgan fingerprint density at radius 3 is 2.38 bits per heavy atom. The summed E-state index contributed by atoms with van der Waals surface area (Å²) in [6.07, 6.45) is 0.833. The Hall–Kier alpha value is -1.96. The largest absolute Gasteiger partial charge is 0.325 e. The molecule has 0 spiro atoms. The number of anilines is 1. The van der Waals surface area contributed by atoms with Crippen molar-refractivity contribution in [3.8, 4) is 0 Å². The molecular weight excluding hydrogens is 355 g/mol. The van der Waals surface area contributed by atoms with Crippen LogP contribution >= 0.6 is 11.6 Å². The molecule has 0 radical (unpaired) electrons. The molecule has 2 aromatic carbocycles. The summed E-state index contributed by atoms with van der Waals surface area (Å²) in [6.45, 7) is 0. The predicted molar refractivity (Wildman–Crippen MR) is 91.8 cm³/mol. The van der Waals surface area contributed by atoms with Gasteiger partial charge in [0.1, 0.15) is 5.82 Å². The van der Waals surface area contributed by atoms with Crippen molar-refractivity contribution in [1.82, 2.24) is 4.72 Å². The molecule has 0 aliphatic heterocycles. The first-order valence-corrected chi connectivity index (χ1v) is 9.29. The van der Waals surface area contributed by atoms with Crippen molar-refractivity contribution in [2.75, 3.05) is 11.6 Å². The topological polar surface area (TPSA) is 75.3 Å². The summed E-state index contributed by atoms with van der Waals surface area (Å²) in [6, 6.07) is 11.2. The van der Waals surface area contributed by atoms with Gasteiger partial charge in [-0.3, -0.25) is 4.79 Å². The van der Waals surface area contributed by atoms with Crippen molar-refractivity contribution in [3.05, 3.63) is 64.9 Å². The zero-order valence-electron chi connectivity index (χ0n) is 12.8. The number of nitrogens with one attached hydrogen (secondary N) is 2. The third-order valence-corrected chi connectivity index (χ3v) is 4.21. The molecule has 1 amide bonds. The monoisotopic (exact) mass is 370 g/mol. The standard InChI is InChI=1S/C16H16ClFN2O3S/c1-24(22,23)20-15(11-6-8-12(18)9-7-11)10-16(21)19-14-5-3-2-4-13(14)17/h2-9,15,20H,10H2,1H3,(H,19,21)/t15-/m1/s1. The fraction of sp³-hybridized carbons (Fsp3) is 0.188. The lowest BCUT2D eigenvalue weighted by molar-refractivity contribution is -0.116.